The molecule has 1 saturated heterocycles. The van der Waals surface area contributed by atoms with Gasteiger partial charge in [-0.25, -0.2) is 0 Å². The Labute approximate surface area is 176 Å². The lowest BCUT2D eigenvalue weighted by molar-refractivity contribution is -0.0829. The highest BCUT2D eigenvalue weighted by atomic mass is 127. The van der Waals surface area contributed by atoms with Crippen molar-refractivity contribution >= 4 is 45.9 Å². The van der Waals surface area contributed by atoms with Gasteiger partial charge < -0.3 is 19.7 Å². The molecular weight excluding hydrogens is 497 g/mol. The van der Waals surface area contributed by atoms with E-state index in [2.05, 4.69) is 58.3 Å². The first-order valence-corrected chi connectivity index (χ1v) is 9.25. The van der Waals surface area contributed by atoms with Gasteiger partial charge in [-0.05, 0) is 18.6 Å². The van der Waals surface area contributed by atoms with Gasteiger partial charge in [-0.1, -0.05) is 34.1 Å². The van der Waals surface area contributed by atoms with Gasteiger partial charge >= 0.3 is 0 Å². The Hall–Kier alpha value is -0.380. The van der Waals surface area contributed by atoms with Crippen LogP contribution < -0.4 is 5.32 Å². The maximum atomic E-state index is 5.78. The summed E-state index contributed by atoms with van der Waals surface area (Å²) in [5.74, 6) is 0.899. The van der Waals surface area contributed by atoms with Crippen LogP contribution in [-0.4, -0.2) is 56.9 Å². The number of rotatable bonds is 6. The van der Waals surface area contributed by atoms with Crippen molar-refractivity contribution in [3.8, 4) is 0 Å². The number of guanidine groups is 1. The van der Waals surface area contributed by atoms with E-state index < -0.39 is 0 Å². The van der Waals surface area contributed by atoms with E-state index in [0.29, 0.717) is 6.54 Å². The van der Waals surface area contributed by atoms with Crippen molar-refractivity contribution in [2.45, 2.75) is 31.9 Å². The van der Waals surface area contributed by atoms with Crippen LogP contribution in [0.2, 0.25) is 0 Å². The molecule has 1 fully saturated rings. The molecule has 25 heavy (non-hydrogen) atoms. The molecule has 0 unspecified atom stereocenters. The summed E-state index contributed by atoms with van der Waals surface area (Å²) >= 11 is 3.61. The molecule has 1 aromatic carbocycles. The van der Waals surface area contributed by atoms with Gasteiger partial charge in [-0.3, -0.25) is 4.99 Å². The Bertz CT molecular complexity index is 551. The molecule has 1 aliphatic rings. The van der Waals surface area contributed by atoms with Gasteiger partial charge in [0.15, 0.2) is 5.96 Å². The maximum Gasteiger partial charge on any atom is 0.194 e. The molecule has 7 heteroatoms. The van der Waals surface area contributed by atoms with Crippen LogP contribution in [0.5, 0.6) is 0 Å². The molecule has 0 aliphatic carbocycles. The number of methoxy groups -OCH3 is 1. The van der Waals surface area contributed by atoms with Crippen molar-refractivity contribution in [1.82, 2.24) is 10.2 Å². The third-order valence-corrected chi connectivity index (χ3v) is 5.19. The molecule has 1 aliphatic heterocycles. The fourth-order valence-electron chi connectivity index (χ4n) is 2.82. The second-order valence-electron chi connectivity index (χ2n) is 6.12. The second kappa shape index (κ2) is 11.4. The molecule has 1 N–H and O–H groups in total. The number of benzene rings is 1. The van der Waals surface area contributed by atoms with Gasteiger partial charge in [0.1, 0.15) is 0 Å². The maximum absolute atomic E-state index is 5.78. The van der Waals surface area contributed by atoms with E-state index >= 15 is 0 Å². The fraction of sp³-hybridized carbons (Fsp3) is 0.611. The standard InChI is InChI=1S/C18H28BrN3O2.HI/c1-4-20-17(21-14-18(23-3)9-11-24-12-10-18)22(2)13-15-7-5-6-8-16(15)19;/h5-8H,4,9-14H2,1-3H3,(H,20,21);1H. The van der Waals surface area contributed by atoms with Crippen molar-refractivity contribution in [1.29, 1.82) is 0 Å². The minimum absolute atomic E-state index is 0. The largest absolute Gasteiger partial charge is 0.381 e. The number of aliphatic imine (C=N–C) groups is 1. The zero-order valence-corrected chi connectivity index (χ0v) is 19.2. The molecule has 0 bridgehead atoms. The Morgan fingerprint density at radius 3 is 2.64 bits per heavy atom. The number of nitrogens with one attached hydrogen (secondary N) is 1. The predicted octanol–water partition coefficient (Wildman–Crippen LogP) is 3.66. The summed E-state index contributed by atoms with van der Waals surface area (Å²) in [6.07, 6.45) is 1.78. The first-order chi connectivity index (χ1) is 11.6. The highest BCUT2D eigenvalue weighted by Crippen LogP contribution is 2.25. The van der Waals surface area contributed by atoms with E-state index in [0.717, 1.165) is 49.6 Å². The van der Waals surface area contributed by atoms with Gasteiger partial charge in [-0.2, -0.15) is 0 Å². The van der Waals surface area contributed by atoms with E-state index in [4.69, 9.17) is 14.5 Å². The minimum Gasteiger partial charge on any atom is -0.381 e. The molecule has 2 rings (SSSR count). The molecule has 0 saturated carbocycles. The van der Waals surface area contributed by atoms with Crippen LogP contribution in [0.3, 0.4) is 0 Å². The van der Waals surface area contributed by atoms with Crippen molar-refractivity contribution in [2.75, 3.05) is 40.5 Å². The van der Waals surface area contributed by atoms with E-state index in [1.165, 1.54) is 5.56 Å². The molecule has 0 aromatic heterocycles. The van der Waals surface area contributed by atoms with Crippen LogP contribution in [0.4, 0.5) is 0 Å². The lowest BCUT2D eigenvalue weighted by atomic mass is 9.94. The summed E-state index contributed by atoms with van der Waals surface area (Å²) < 4.78 is 12.4. The highest BCUT2D eigenvalue weighted by Gasteiger charge is 2.32. The van der Waals surface area contributed by atoms with E-state index in [1.54, 1.807) is 7.11 Å². The Morgan fingerprint density at radius 1 is 1.36 bits per heavy atom. The second-order valence-corrected chi connectivity index (χ2v) is 6.97. The predicted molar refractivity (Wildman–Crippen MR) is 117 cm³/mol. The topological polar surface area (TPSA) is 46.1 Å². The van der Waals surface area contributed by atoms with Crippen molar-refractivity contribution < 1.29 is 9.47 Å². The zero-order valence-electron chi connectivity index (χ0n) is 15.3. The molecular formula is C18H29BrIN3O2. The van der Waals surface area contributed by atoms with Crippen LogP contribution in [0.25, 0.3) is 0 Å². The fourth-order valence-corrected chi connectivity index (χ4v) is 3.23. The quantitative estimate of drug-likeness (QED) is 0.350. The van der Waals surface area contributed by atoms with Gasteiger partial charge in [0.25, 0.3) is 0 Å². The summed E-state index contributed by atoms with van der Waals surface area (Å²) in [6.45, 7) is 5.84. The molecule has 0 amide bonds. The first kappa shape index (κ1) is 22.7. The van der Waals surface area contributed by atoms with Gasteiger partial charge in [0.05, 0.1) is 12.1 Å². The molecule has 0 spiro atoms. The van der Waals surface area contributed by atoms with Crippen LogP contribution in [0.1, 0.15) is 25.3 Å². The Kier molecular flexibility index (Phi) is 10.3. The van der Waals surface area contributed by atoms with Gasteiger partial charge in [0, 0.05) is 57.8 Å². The van der Waals surface area contributed by atoms with Crippen LogP contribution in [-0.2, 0) is 16.0 Å². The van der Waals surface area contributed by atoms with Crippen molar-refractivity contribution in [2.24, 2.45) is 4.99 Å². The summed E-state index contributed by atoms with van der Waals surface area (Å²) in [4.78, 5) is 6.99. The van der Waals surface area contributed by atoms with Crippen molar-refractivity contribution in [3.05, 3.63) is 34.3 Å². The van der Waals surface area contributed by atoms with Crippen molar-refractivity contribution in [3.63, 3.8) is 0 Å². The van der Waals surface area contributed by atoms with Crippen LogP contribution >= 0.6 is 39.9 Å². The van der Waals surface area contributed by atoms with Crippen LogP contribution in [0, 0.1) is 0 Å². The third kappa shape index (κ3) is 6.69. The highest BCUT2D eigenvalue weighted by molar-refractivity contribution is 14.0. The summed E-state index contributed by atoms with van der Waals surface area (Å²) in [5, 5.41) is 3.38. The zero-order chi connectivity index (χ0) is 17.4. The summed E-state index contributed by atoms with van der Waals surface area (Å²) in [6, 6.07) is 8.27. The summed E-state index contributed by atoms with van der Waals surface area (Å²) in [5.41, 5.74) is 1.03. The molecule has 142 valence electrons. The smallest absolute Gasteiger partial charge is 0.194 e. The molecule has 1 aromatic rings. The third-order valence-electron chi connectivity index (χ3n) is 4.42. The molecule has 0 radical (unpaired) electrons. The Balaban J connectivity index is 0.00000312. The number of ether oxygens (including phenoxy) is 2. The number of hydrogen-bond acceptors (Lipinski definition) is 3. The van der Waals surface area contributed by atoms with Crippen LogP contribution in [0.15, 0.2) is 33.7 Å². The van der Waals surface area contributed by atoms with E-state index in [9.17, 15) is 0 Å². The normalized spacial score (nSPS) is 16.9. The monoisotopic (exact) mass is 525 g/mol. The number of hydrogen-bond donors (Lipinski definition) is 1. The van der Waals surface area contributed by atoms with E-state index in [-0.39, 0.29) is 29.6 Å². The molecule has 0 atom stereocenters. The van der Waals surface area contributed by atoms with E-state index in [1.807, 2.05) is 6.07 Å². The molecule has 5 nitrogen and oxygen atoms in total. The van der Waals surface area contributed by atoms with Gasteiger partial charge in [-0.15, -0.1) is 24.0 Å². The first-order valence-electron chi connectivity index (χ1n) is 8.46. The average molecular weight is 526 g/mol. The minimum atomic E-state index is -0.201. The molecule has 1 heterocycles. The lowest BCUT2D eigenvalue weighted by Crippen LogP contribution is -2.44. The number of nitrogens with zero attached hydrogens (tertiary/aromatic N) is 2. The lowest BCUT2D eigenvalue weighted by Gasteiger charge is -2.35. The number of halogens is 2. The SMILES string of the molecule is CCNC(=NCC1(OC)CCOCC1)N(C)Cc1ccccc1Br.I. The summed E-state index contributed by atoms with van der Waals surface area (Å²) in [7, 11) is 3.84. The van der Waals surface area contributed by atoms with Gasteiger partial charge in [0.2, 0.25) is 0 Å². The average Bonchev–Trinajstić information content (AvgIpc) is 2.61. The Morgan fingerprint density at radius 2 is 2.04 bits per heavy atom.